The summed E-state index contributed by atoms with van der Waals surface area (Å²) in [5.41, 5.74) is 2.06. The maximum atomic E-state index is 4.43. The Morgan fingerprint density at radius 1 is 1.41 bits per heavy atom. The van der Waals surface area contributed by atoms with Crippen molar-refractivity contribution in [3.05, 3.63) is 29.6 Å². The maximum Gasteiger partial charge on any atom is 0.191 e. The predicted octanol–water partition coefficient (Wildman–Crippen LogP) is 1.42. The van der Waals surface area contributed by atoms with Crippen LogP contribution in [-0.2, 0) is 6.54 Å². The average molecular weight is 252 g/mol. The molecule has 0 unspecified atom stereocenters. The minimum Gasteiger partial charge on any atom is -0.356 e. The lowest BCUT2D eigenvalue weighted by Crippen LogP contribution is -2.38. The Kier molecular flexibility index (Phi) is 6.47. The molecule has 0 spiro atoms. The van der Waals surface area contributed by atoms with E-state index in [0.29, 0.717) is 6.54 Å². The van der Waals surface area contributed by atoms with Crippen molar-refractivity contribution in [1.29, 1.82) is 0 Å². The number of hydrogen-bond donors (Lipinski definition) is 2. The van der Waals surface area contributed by atoms with Crippen LogP contribution >= 0.6 is 11.8 Å². The molecule has 0 amide bonds. The Morgan fingerprint density at radius 2 is 2.24 bits per heavy atom. The van der Waals surface area contributed by atoms with E-state index in [-0.39, 0.29) is 0 Å². The molecule has 0 aliphatic rings. The van der Waals surface area contributed by atoms with E-state index in [4.69, 9.17) is 0 Å². The van der Waals surface area contributed by atoms with Gasteiger partial charge >= 0.3 is 0 Å². The zero-order valence-corrected chi connectivity index (χ0v) is 11.5. The molecular weight excluding hydrogens is 232 g/mol. The van der Waals surface area contributed by atoms with E-state index in [1.165, 1.54) is 0 Å². The smallest absolute Gasteiger partial charge is 0.191 e. The largest absolute Gasteiger partial charge is 0.356 e. The van der Waals surface area contributed by atoms with Crippen molar-refractivity contribution in [3.63, 3.8) is 0 Å². The zero-order valence-electron chi connectivity index (χ0n) is 10.7. The summed E-state index contributed by atoms with van der Waals surface area (Å²) in [6.07, 6.45) is 2.09. The first-order valence-corrected chi connectivity index (χ1v) is 7.01. The Labute approximate surface area is 107 Å². The molecule has 0 saturated carbocycles. The van der Waals surface area contributed by atoms with Crippen molar-refractivity contribution in [1.82, 2.24) is 15.6 Å². The minimum absolute atomic E-state index is 0.695. The quantitative estimate of drug-likeness (QED) is 0.473. The lowest BCUT2D eigenvalue weighted by Gasteiger charge is -2.11. The second-order valence-corrected chi connectivity index (χ2v) is 4.60. The van der Waals surface area contributed by atoms with E-state index < -0.39 is 0 Å². The summed E-state index contributed by atoms with van der Waals surface area (Å²) < 4.78 is 0. The van der Waals surface area contributed by atoms with E-state index in [1.54, 1.807) is 7.05 Å². The number of thioether (sulfide) groups is 1. The molecule has 4 nitrogen and oxygen atoms in total. The van der Waals surface area contributed by atoms with Crippen molar-refractivity contribution in [2.24, 2.45) is 4.99 Å². The number of guanidine groups is 1. The SMILES string of the molecule is CN=C(NCCSC)NCc1cccc(C)n1. The van der Waals surface area contributed by atoms with Gasteiger partial charge in [-0.15, -0.1) is 0 Å². The van der Waals surface area contributed by atoms with Gasteiger partial charge in [-0.3, -0.25) is 9.98 Å². The Bertz CT molecular complexity index is 365. The Morgan fingerprint density at radius 3 is 2.88 bits per heavy atom. The van der Waals surface area contributed by atoms with Crippen LogP contribution in [0.5, 0.6) is 0 Å². The monoisotopic (exact) mass is 252 g/mol. The van der Waals surface area contributed by atoms with Crippen molar-refractivity contribution < 1.29 is 0 Å². The highest BCUT2D eigenvalue weighted by Crippen LogP contribution is 1.97. The van der Waals surface area contributed by atoms with E-state index >= 15 is 0 Å². The molecule has 0 aliphatic carbocycles. The number of pyridine rings is 1. The molecule has 1 aromatic heterocycles. The van der Waals surface area contributed by atoms with Gasteiger partial charge in [-0.2, -0.15) is 11.8 Å². The van der Waals surface area contributed by atoms with Gasteiger partial charge in [-0.25, -0.2) is 0 Å². The summed E-state index contributed by atoms with van der Waals surface area (Å²) >= 11 is 1.81. The summed E-state index contributed by atoms with van der Waals surface area (Å²) in [4.78, 5) is 8.58. The number of aromatic nitrogens is 1. The molecule has 0 bridgehead atoms. The topological polar surface area (TPSA) is 49.3 Å². The molecule has 17 heavy (non-hydrogen) atoms. The van der Waals surface area contributed by atoms with E-state index in [9.17, 15) is 0 Å². The molecule has 0 aliphatic heterocycles. The van der Waals surface area contributed by atoms with Gasteiger partial charge in [0, 0.05) is 25.0 Å². The van der Waals surface area contributed by atoms with Crippen LogP contribution in [0.4, 0.5) is 0 Å². The highest BCUT2D eigenvalue weighted by molar-refractivity contribution is 7.98. The standard InChI is InChI=1S/C12H20N4S/c1-10-5-4-6-11(16-10)9-15-12(13-2)14-7-8-17-3/h4-6H,7-9H2,1-3H3,(H2,13,14,15). The van der Waals surface area contributed by atoms with Crippen LogP contribution in [0, 0.1) is 6.92 Å². The molecule has 5 heteroatoms. The van der Waals surface area contributed by atoms with Crippen molar-refractivity contribution in [2.45, 2.75) is 13.5 Å². The summed E-state index contributed by atoms with van der Waals surface area (Å²) in [7, 11) is 1.78. The Hall–Kier alpha value is -1.23. The van der Waals surface area contributed by atoms with Gasteiger partial charge in [0.05, 0.1) is 12.2 Å². The predicted molar refractivity (Wildman–Crippen MR) is 75.6 cm³/mol. The lowest BCUT2D eigenvalue weighted by atomic mass is 10.3. The third kappa shape index (κ3) is 5.58. The van der Waals surface area contributed by atoms with Crippen LogP contribution in [-0.4, -0.2) is 36.5 Å². The van der Waals surface area contributed by atoms with Gasteiger partial charge in [0.25, 0.3) is 0 Å². The van der Waals surface area contributed by atoms with E-state index in [2.05, 4.69) is 26.9 Å². The third-order valence-electron chi connectivity index (χ3n) is 2.21. The van der Waals surface area contributed by atoms with Gasteiger partial charge in [-0.1, -0.05) is 6.07 Å². The molecule has 0 atom stereocenters. The molecule has 2 N–H and O–H groups in total. The molecule has 94 valence electrons. The first-order chi connectivity index (χ1) is 8.26. The third-order valence-corrected chi connectivity index (χ3v) is 2.82. The number of hydrogen-bond acceptors (Lipinski definition) is 3. The molecule has 0 radical (unpaired) electrons. The highest BCUT2D eigenvalue weighted by atomic mass is 32.2. The second kappa shape index (κ2) is 7.95. The van der Waals surface area contributed by atoms with Crippen LogP contribution in [0.1, 0.15) is 11.4 Å². The van der Waals surface area contributed by atoms with Crippen LogP contribution in [0.2, 0.25) is 0 Å². The number of rotatable bonds is 5. The van der Waals surface area contributed by atoms with Crippen LogP contribution in [0.3, 0.4) is 0 Å². The number of nitrogens with zero attached hydrogens (tertiary/aromatic N) is 2. The highest BCUT2D eigenvalue weighted by Gasteiger charge is 1.98. The summed E-state index contributed by atoms with van der Waals surface area (Å²) in [5, 5.41) is 6.48. The van der Waals surface area contributed by atoms with Crippen LogP contribution < -0.4 is 10.6 Å². The maximum absolute atomic E-state index is 4.43. The summed E-state index contributed by atoms with van der Waals surface area (Å²) in [6.45, 7) is 3.61. The van der Waals surface area contributed by atoms with Gasteiger partial charge in [0.1, 0.15) is 0 Å². The van der Waals surface area contributed by atoms with E-state index in [0.717, 1.165) is 29.6 Å². The molecule has 1 aromatic rings. The molecule has 0 saturated heterocycles. The van der Waals surface area contributed by atoms with Crippen molar-refractivity contribution >= 4 is 17.7 Å². The minimum atomic E-state index is 0.695. The molecular formula is C12H20N4S. The Balaban J connectivity index is 2.37. The van der Waals surface area contributed by atoms with Gasteiger partial charge < -0.3 is 10.6 Å². The molecule has 0 aromatic carbocycles. The summed E-state index contributed by atoms with van der Waals surface area (Å²) in [6, 6.07) is 6.02. The molecule has 1 heterocycles. The van der Waals surface area contributed by atoms with Crippen molar-refractivity contribution in [2.75, 3.05) is 25.6 Å². The fourth-order valence-corrected chi connectivity index (χ4v) is 1.67. The fraction of sp³-hybridized carbons (Fsp3) is 0.500. The fourth-order valence-electron chi connectivity index (χ4n) is 1.36. The number of nitrogens with one attached hydrogen (secondary N) is 2. The van der Waals surface area contributed by atoms with Gasteiger partial charge in [0.15, 0.2) is 5.96 Å². The zero-order chi connectivity index (χ0) is 12.5. The first kappa shape index (κ1) is 13.8. The first-order valence-electron chi connectivity index (χ1n) is 5.62. The van der Waals surface area contributed by atoms with Gasteiger partial charge in [-0.05, 0) is 25.3 Å². The van der Waals surface area contributed by atoms with Crippen LogP contribution in [0.25, 0.3) is 0 Å². The molecule has 0 fully saturated rings. The second-order valence-electron chi connectivity index (χ2n) is 3.62. The van der Waals surface area contributed by atoms with Crippen molar-refractivity contribution in [3.8, 4) is 0 Å². The lowest BCUT2D eigenvalue weighted by molar-refractivity contribution is 0.809. The van der Waals surface area contributed by atoms with Gasteiger partial charge in [0.2, 0.25) is 0 Å². The number of aliphatic imine (C=N–C) groups is 1. The summed E-state index contributed by atoms with van der Waals surface area (Å²) in [5.74, 6) is 1.89. The van der Waals surface area contributed by atoms with Crippen LogP contribution in [0.15, 0.2) is 23.2 Å². The van der Waals surface area contributed by atoms with E-state index in [1.807, 2.05) is 36.9 Å². The number of aryl methyl sites for hydroxylation is 1. The average Bonchev–Trinajstić information content (AvgIpc) is 2.34. The molecule has 1 rings (SSSR count). The normalized spacial score (nSPS) is 11.4.